The number of allylic oxidation sites excluding steroid dienone is 2. The number of hydrogen-bond donors (Lipinski definition) is 5. The number of quaternary nitrogens is 1. The fourth-order valence-corrected chi connectivity index (χ4v) is 1.12. The zero-order chi connectivity index (χ0) is 15.8. The third-order valence-electron chi connectivity index (χ3n) is 1.98. The Morgan fingerprint density at radius 1 is 0.900 bits per heavy atom. The Morgan fingerprint density at radius 2 is 1.30 bits per heavy atom. The molecule has 0 saturated carbocycles. The van der Waals surface area contributed by atoms with E-state index < -0.39 is 11.9 Å². The SMILES string of the molecule is O=C([O-])C=CC=CC(=O)O.OCC[NH+](CCO)CCO. The van der Waals surface area contributed by atoms with Gasteiger partial charge >= 0.3 is 5.97 Å². The Labute approximate surface area is 116 Å². The normalized spacial score (nSPS) is 10.8. The molecule has 0 spiro atoms. The average Bonchev–Trinajstić information content (AvgIpc) is 2.36. The van der Waals surface area contributed by atoms with Crippen LogP contribution in [0.2, 0.25) is 0 Å². The zero-order valence-electron chi connectivity index (χ0n) is 11.1. The molecule has 20 heavy (non-hydrogen) atoms. The van der Waals surface area contributed by atoms with Gasteiger partial charge < -0.3 is 35.2 Å². The van der Waals surface area contributed by atoms with Crippen LogP contribution in [0.4, 0.5) is 0 Å². The molecule has 0 unspecified atom stereocenters. The van der Waals surface area contributed by atoms with E-state index in [2.05, 4.69) is 0 Å². The minimum atomic E-state index is -1.35. The van der Waals surface area contributed by atoms with E-state index in [4.69, 9.17) is 20.4 Å². The second-order valence-electron chi connectivity index (χ2n) is 3.55. The molecule has 8 heteroatoms. The van der Waals surface area contributed by atoms with E-state index in [0.29, 0.717) is 19.6 Å². The Morgan fingerprint density at radius 3 is 1.60 bits per heavy atom. The summed E-state index contributed by atoms with van der Waals surface area (Å²) in [5, 5.41) is 43.2. The van der Waals surface area contributed by atoms with Crippen LogP contribution < -0.4 is 10.0 Å². The lowest BCUT2D eigenvalue weighted by molar-refractivity contribution is -0.901. The van der Waals surface area contributed by atoms with E-state index in [-0.39, 0.29) is 19.8 Å². The Bertz CT molecular complexity index is 279. The number of nitrogens with one attached hydrogen (secondary N) is 1. The van der Waals surface area contributed by atoms with Crippen LogP contribution in [-0.4, -0.2) is 71.8 Å². The van der Waals surface area contributed by atoms with Gasteiger partial charge in [-0.2, -0.15) is 0 Å². The van der Waals surface area contributed by atoms with Crippen molar-refractivity contribution in [2.24, 2.45) is 0 Å². The van der Waals surface area contributed by atoms with E-state index in [1.54, 1.807) is 0 Å². The van der Waals surface area contributed by atoms with Crippen molar-refractivity contribution in [3.05, 3.63) is 24.3 Å². The average molecular weight is 291 g/mol. The van der Waals surface area contributed by atoms with E-state index in [0.717, 1.165) is 29.2 Å². The number of aliphatic hydroxyl groups excluding tert-OH is 3. The van der Waals surface area contributed by atoms with Crippen molar-refractivity contribution >= 4 is 11.9 Å². The Balaban J connectivity index is 0. The topological polar surface area (TPSA) is 143 Å². The molecule has 116 valence electrons. The first-order valence-electron chi connectivity index (χ1n) is 5.92. The lowest BCUT2D eigenvalue weighted by Crippen LogP contribution is -3.13. The fraction of sp³-hybridized carbons (Fsp3) is 0.500. The van der Waals surface area contributed by atoms with Gasteiger partial charge in [-0.05, 0) is 6.08 Å². The monoisotopic (exact) mass is 291 g/mol. The number of aliphatic carboxylic acids is 2. The highest BCUT2D eigenvalue weighted by atomic mass is 16.4. The second-order valence-corrected chi connectivity index (χ2v) is 3.55. The van der Waals surface area contributed by atoms with Crippen molar-refractivity contribution in [2.45, 2.75) is 0 Å². The van der Waals surface area contributed by atoms with Crippen molar-refractivity contribution in [3.63, 3.8) is 0 Å². The second kappa shape index (κ2) is 15.3. The van der Waals surface area contributed by atoms with E-state index in [1.807, 2.05) is 0 Å². The van der Waals surface area contributed by atoms with Gasteiger partial charge in [0.2, 0.25) is 0 Å². The molecule has 0 fully saturated rings. The van der Waals surface area contributed by atoms with Crippen LogP contribution in [0.1, 0.15) is 0 Å². The molecule has 0 rings (SSSR count). The summed E-state index contributed by atoms with van der Waals surface area (Å²) in [6.45, 7) is 2.11. The van der Waals surface area contributed by atoms with Gasteiger partial charge in [-0.3, -0.25) is 0 Å². The molecule has 0 amide bonds. The molecular formula is C12H21NO7. The van der Waals surface area contributed by atoms with Gasteiger partial charge in [0.1, 0.15) is 19.6 Å². The largest absolute Gasteiger partial charge is 0.545 e. The molecule has 0 aromatic heterocycles. The highest BCUT2D eigenvalue weighted by molar-refractivity contribution is 5.81. The number of hydrogen-bond acceptors (Lipinski definition) is 6. The number of carboxylic acids is 2. The van der Waals surface area contributed by atoms with E-state index >= 15 is 0 Å². The van der Waals surface area contributed by atoms with Gasteiger partial charge in [0.25, 0.3) is 0 Å². The lowest BCUT2D eigenvalue weighted by Gasteiger charge is -2.15. The van der Waals surface area contributed by atoms with Crippen LogP contribution >= 0.6 is 0 Å². The van der Waals surface area contributed by atoms with Crippen LogP contribution in [0, 0.1) is 0 Å². The molecular weight excluding hydrogens is 270 g/mol. The van der Waals surface area contributed by atoms with E-state index in [9.17, 15) is 14.7 Å². The van der Waals surface area contributed by atoms with Crippen molar-refractivity contribution in [1.29, 1.82) is 0 Å². The molecule has 0 heterocycles. The van der Waals surface area contributed by atoms with Crippen molar-refractivity contribution < 1.29 is 40.0 Å². The van der Waals surface area contributed by atoms with Gasteiger partial charge in [-0.15, -0.1) is 0 Å². The van der Waals surface area contributed by atoms with Crippen LogP contribution in [0.15, 0.2) is 24.3 Å². The summed E-state index contributed by atoms with van der Waals surface area (Å²) in [5.41, 5.74) is 0. The smallest absolute Gasteiger partial charge is 0.328 e. The maximum absolute atomic E-state index is 9.76. The first kappa shape index (κ1) is 20.6. The molecule has 0 atom stereocenters. The van der Waals surface area contributed by atoms with Crippen molar-refractivity contribution in [1.82, 2.24) is 0 Å². The zero-order valence-corrected chi connectivity index (χ0v) is 11.1. The summed E-state index contributed by atoms with van der Waals surface area (Å²) in [4.78, 5) is 20.5. The van der Waals surface area contributed by atoms with Crippen molar-refractivity contribution in [2.75, 3.05) is 39.5 Å². The fourth-order valence-electron chi connectivity index (χ4n) is 1.12. The summed E-state index contributed by atoms with van der Waals surface area (Å²) in [6.07, 6.45) is 3.72. The van der Waals surface area contributed by atoms with Crippen LogP contribution in [0.5, 0.6) is 0 Å². The minimum absolute atomic E-state index is 0.106. The summed E-state index contributed by atoms with van der Waals surface area (Å²) in [6, 6.07) is 0. The van der Waals surface area contributed by atoms with Gasteiger partial charge in [-0.1, -0.05) is 12.2 Å². The molecule has 8 nitrogen and oxygen atoms in total. The molecule has 0 aromatic carbocycles. The minimum Gasteiger partial charge on any atom is -0.545 e. The third-order valence-corrected chi connectivity index (χ3v) is 1.98. The molecule has 0 aliphatic carbocycles. The number of carboxylic acid groups (broad SMARTS) is 2. The quantitative estimate of drug-likeness (QED) is 0.214. The standard InChI is InChI=1S/C6H15NO3.C6H6O4/c8-4-1-7(2-5-9)3-6-10;7-5(8)3-1-2-4-6(9)10/h8-10H,1-6H2;1-4H,(H,7,8)(H,9,10). The van der Waals surface area contributed by atoms with Gasteiger partial charge in [0, 0.05) is 6.08 Å². The summed E-state index contributed by atoms with van der Waals surface area (Å²) in [5.74, 6) is -2.47. The Kier molecular flexibility index (Phi) is 15.8. The predicted octanol–water partition coefficient (Wildman–Crippen LogP) is -4.22. The Hall–Kier alpha value is -1.74. The van der Waals surface area contributed by atoms with Gasteiger partial charge in [0.15, 0.2) is 0 Å². The number of carbonyl (C=O) groups excluding carboxylic acids is 1. The molecule has 0 aromatic rings. The van der Waals surface area contributed by atoms with Crippen LogP contribution in [-0.2, 0) is 9.59 Å². The van der Waals surface area contributed by atoms with E-state index in [1.165, 1.54) is 0 Å². The summed E-state index contributed by atoms with van der Waals surface area (Å²) < 4.78 is 0. The third kappa shape index (κ3) is 18.6. The highest BCUT2D eigenvalue weighted by Crippen LogP contribution is 1.75. The molecule has 5 N–H and O–H groups in total. The molecule has 0 saturated heterocycles. The van der Waals surface area contributed by atoms with Crippen LogP contribution in [0.3, 0.4) is 0 Å². The number of rotatable bonds is 9. The summed E-state index contributed by atoms with van der Waals surface area (Å²) >= 11 is 0. The van der Waals surface area contributed by atoms with Crippen molar-refractivity contribution in [3.8, 4) is 0 Å². The van der Waals surface area contributed by atoms with Gasteiger partial charge in [-0.25, -0.2) is 4.79 Å². The first-order valence-corrected chi connectivity index (χ1v) is 5.92. The molecule has 0 aliphatic rings. The lowest BCUT2D eigenvalue weighted by atomic mass is 10.4. The number of aliphatic hydroxyl groups is 3. The highest BCUT2D eigenvalue weighted by Gasteiger charge is 2.03. The first-order chi connectivity index (χ1) is 9.47. The maximum atomic E-state index is 9.76. The molecule has 0 radical (unpaired) electrons. The summed E-state index contributed by atoms with van der Waals surface area (Å²) in [7, 11) is 0. The molecule has 0 bridgehead atoms. The van der Waals surface area contributed by atoms with Crippen LogP contribution in [0.25, 0.3) is 0 Å². The van der Waals surface area contributed by atoms with Gasteiger partial charge in [0.05, 0.1) is 25.8 Å². The molecule has 0 aliphatic heterocycles. The number of carbonyl (C=O) groups is 2. The predicted molar refractivity (Wildman–Crippen MR) is 67.7 cm³/mol. The maximum Gasteiger partial charge on any atom is 0.328 e.